The molecule has 3 rings (SSSR count). The first-order valence-corrected chi connectivity index (χ1v) is 6.53. The minimum Gasteiger partial charge on any atom is -0.357 e. The lowest BCUT2D eigenvalue weighted by Gasteiger charge is -2.16. The molecule has 2 heterocycles. The largest absolute Gasteiger partial charge is 0.357 e. The van der Waals surface area contributed by atoms with Crippen LogP contribution in [0.15, 0.2) is 24.4 Å². The zero-order chi connectivity index (χ0) is 14.3. The Morgan fingerprint density at radius 3 is 2.75 bits per heavy atom. The summed E-state index contributed by atoms with van der Waals surface area (Å²) in [5.41, 5.74) is 4.65. The average molecular weight is 268 g/mol. The van der Waals surface area contributed by atoms with E-state index in [0.29, 0.717) is 18.1 Å². The topological polar surface area (TPSA) is 58.1 Å². The van der Waals surface area contributed by atoms with Gasteiger partial charge < -0.3 is 10.2 Å². The van der Waals surface area contributed by atoms with Crippen LogP contribution < -0.4 is 10.2 Å². The Kier molecular flexibility index (Phi) is 2.89. The van der Waals surface area contributed by atoms with E-state index in [4.69, 9.17) is 0 Å². The number of hydrogen-bond donors (Lipinski definition) is 1. The van der Waals surface area contributed by atoms with Crippen LogP contribution in [0.3, 0.4) is 0 Å². The molecule has 1 N–H and O–H groups in total. The lowest BCUT2D eigenvalue weighted by molar-refractivity contribution is 0.0996. The van der Waals surface area contributed by atoms with Gasteiger partial charge >= 0.3 is 0 Å². The molecule has 1 aliphatic heterocycles. The van der Waals surface area contributed by atoms with Gasteiger partial charge in [-0.25, -0.2) is 9.97 Å². The Balaban J connectivity index is 1.98. The Labute approximate surface area is 117 Å². The van der Waals surface area contributed by atoms with Crippen molar-refractivity contribution in [3.63, 3.8) is 0 Å². The molecule has 20 heavy (non-hydrogen) atoms. The molecule has 1 aliphatic rings. The van der Waals surface area contributed by atoms with Crippen LogP contribution in [0.4, 0.5) is 11.6 Å². The molecule has 0 atom stereocenters. The number of nitrogens with one attached hydrogen (secondary N) is 1. The lowest BCUT2D eigenvalue weighted by atomic mass is 10.1. The zero-order valence-corrected chi connectivity index (χ0v) is 11.8. The maximum atomic E-state index is 12.4. The van der Waals surface area contributed by atoms with Crippen LogP contribution in [0.5, 0.6) is 0 Å². The van der Waals surface area contributed by atoms with E-state index in [-0.39, 0.29) is 5.91 Å². The second kappa shape index (κ2) is 4.59. The molecule has 1 aromatic heterocycles. The summed E-state index contributed by atoms with van der Waals surface area (Å²) >= 11 is 0. The molecule has 1 aromatic carbocycles. The monoisotopic (exact) mass is 268 g/mol. The minimum atomic E-state index is -0.0362. The van der Waals surface area contributed by atoms with Crippen LogP contribution in [0, 0.1) is 13.8 Å². The maximum absolute atomic E-state index is 12.4. The smallest absolute Gasteiger partial charge is 0.262 e. The van der Waals surface area contributed by atoms with E-state index in [1.54, 1.807) is 18.1 Å². The number of fused-ring (bicyclic) bond motifs is 1. The normalized spacial score (nSPS) is 13.6. The van der Waals surface area contributed by atoms with Gasteiger partial charge in [0.25, 0.3) is 5.91 Å². The van der Waals surface area contributed by atoms with Gasteiger partial charge in [-0.15, -0.1) is 0 Å². The number of rotatable bonds is 2. The molecule has 1 amide bonds. The van der Waals surface area contributed by atoms with Gasteiger partial charge in [-0.05, 0) is 37.1 Å². The minimum absolute atomic E-state index is 0.0362. The van der Waals surface area contributed by atoms with Crippen LogP contribution in [0.25, 0.3) is 0 Å². The fraction of sp³-hybridized carbons (Fsp3) is 0.267. The van der Waals surface area contributed by atoms with E-state index in [0.717, 1.165) is 11.4 Å². The predicted molar refractivity (Wildman–Crippen MR) is 78.0 cm³/mol. The third-order valence-corrected chi connectivity index (χ3v) is 3.68. The van der Waals surface area contributed by atoms with Gasteiger partial charge in [0.15, 0.2) is 0 Å². The molecule has 0 saturated carbocycles. The fourth-order valence-corrected chi connectivity index (χ4v) is 2.31. The molecule has 5 heteroatoms. The molecule has 5 nitrogen and oxygen atoms in total. The number of carbonyl (C=O) groups is 1. The van der Waals surface area contributed by atoms with Crippen molar-refractivity contribution >= 4 is 17.5 Å². The molecular formula is C15H16N4O. The van der Waals surface area contributed by atoms with Crippen LogP contribution in [-0.4, -0.2) is 22.9 Å². The number of hydrogen-bond acceptors (Lipinski definition) is 4. The van der Waals surface area contributed by atoms with E-state index >= 15 is 0 Å². The summed E-state index contributed by atoms with van der Waals surface area (Å²) in [5, 5.41) is 2.89. The van der Waals surface area contributed by atoms with Gasteiger partial charge in [0.1, 0.15) is 0 Å². The summed E-state index contributed by atoms with van der Waals surface area (Å²) in [6.07, 6.45) is 1.59. The molecular weight excluding hydrogens is 252 g/mol. The van der Waals surface area contributed by atoms with Crippen molar-refractivity contribution in [2.24, 2.45) is 0 Å². The van der Waals surface area contributed by atoms with Gasteiger partial charge in [-0.1, -0.05) is 6.07 Å². The molecule has 0 unspecified atom stereocenters. The summed E-state index contributed by atoms with van der Waals surface area (Å²) < 4.78 is 0. The highest BCUT2D eigenvalue weighted by atomic mass is 16.2. The quantitative estimate of drug-likeness (QED) is 0.908. The summed E-state index contributed by atoms with van der Waals surface area (Å²) in [7, 11) is 1.76. The molecule has 0 bridgehead atoms. The predicted octanol–water partition coefficient (Wildman–Crippen LogP) is 2.30. The Morgan fingerprint density at radius 1 is 1.25 bits per heavy atom. The lowest BCUT2D eigenvalue weighted by Crippen LogP contribution is -2.23. The average Bonchev–Trinajstić information content (AvgIpc) is 2.78. The van der Waals surface area contributed by atoms with E-state index in [1.165, 1.54) is 11.1 Å². The fourth-order valence-electron chi connectivity index (χ4n) is 2.31. The second-order valence-corrected chi connectivity index (χ2v) is 4.96. The van der Waals surface area contributed by atoms with Gasteiger partial charge in [0.05, 0.1) is 17.8 Å². The number of aromatic nitrogens is 2. The third kappa shape index (κ3) is 1.91. The van der Waals surface area contributed by atoms with Crippen LogP contribution in [-0.2, 0) is 6.54 Å². The van der Waals surface area contributed by atoms with Gasteiger partial charge in [0, 0.05) is 18.9 Å². The molecule has 102 valence electrons. The number of amides is 1. The highest BCUT2D eigenvalue weighted by Crippen LogP contribution is 2.28. The first kappa shape index (κ1) is 12.6. The summed E-state index contributed by atoms with van der Waals surface area (Å²) in [5.74, 6) is 0.504. The summed E-state index contributed by atoms with van der Waals surface area (Å²) in [4.78, 5) is 22.6. The van der Waals surface area contributed by atoms with Crippen molar-refractivity contribution in [2.45, 2.75) is 20.4 Å². The molecule has 2 aromatic rings. The van der Waals surface area contributed by atoms with Crippen molar-refractivity contribution in [1.82, 2.24) is 9.97 Å². The SMILES string of the molecule is CNc1ncc2c(n1)CN(c1ccc(C)c(C)c1)C2=O. The van der Waals surface area contributed by atoms with E-state index < -0.39 is 0 Å². The van der Waals surface area contributed by atoms with Gasteiger partial charge in [0.2, 0.25) is 5.95 Å². The van der Waals surface area contributed by atoms with Crippen LogP contribution in [0.2, 0.25) is 0 Å². The molecule has 0 fully saturated rings. The number of nitrogens with zero attached hydrogens (tertiary/aromatic N) is 3. The molecule has 0 saturated heterocycles. The number of carbonyl (C=O) groups excluding carboxylic acids is 1. The Morgan fingerprint density at radius 2 is 2.05 bits per heavy atom. The zero-order valence-electron chi connectivity index (χ0n) is 11.8. The van der Waals surface area contributed by atoms with Crippen molar-refractivity contribution in [3.8, 4) is 0 Å². The first-order chi connectivity index (χ1) is 9.60. The number of benzene rings is 1. The maximum Gasteiger partial charge on any atom is 0.262 e. The van der Waals surface area contributed by atoms with Crippen molar-refractivity contribution in [3.05, 3.63) is 46.8 Å². The number of aryl methyl sites for hydroxylation is 2. The number of anilines is 2. The van der Waals surface area contributed by atoms with E-state index in [2.05, 4.69) is 22.2 Å². The van der Waals surface area contributed by atoms with Gasteiger partial charge in [-0.2, -0.15) is 0 Å². The molecule has 0 spiro atoms. The van der Waals surface area contributed by atoms with Crippen LogP contribution in [0.1, 0.15) is 27.2 Å². The third-order valence-electron chi connectivity index (χ3n) is 3.68. The molecule has 0 aliphatic carbocycles. The standard InChI is InChI=1S/C15H16N4O/c1-9-4-5-11(6-10(9)2)19-8-13-12(14(19)20)7-17-15(16-3)18-13/h4-7H,8H2,1-3H3,(H,16,17,18). The highest BCUT2D eigenvalue weighted by Gasteiger charge is 2.30. The van der Waals surface area contributed by atoms with E-state index in [9.17, 15) is 4.79 Å². The summed E-state index contributed by atoms with van der Waals surface area (Å²) in [6.45, 7) is 4.60. The van der Waals surface area contributed by atoms with Crippen molar-refractivity contribution in [2.75, 3.05) is 17.3 Å². The van der Waals surface area contributed by atoms with Gasteiger partial charge in [-0.3, -0.25) is 4.79 Å². The Hall–Kier alpha value is -2.43. The van der Waals surface area contributed by atoms with Crippen molar-refractivity contribution < 1.29 is 4.79 Å². The summed E-state index contributed by atoms with van der Waals surface area (Å²) in [6, 6.07) is 6.04. The van der Waals surface area contributed by atoms with Crippen molar-refractivity contribution in [1.29, 1.82) is 0 Å². The van der Waals surface area contributed by atoms with E-state index in [1.807, 2.05) is 25.1 Å². The second-order valence-electron chi connectivity index (χ2n) is 4.96. The first-order valence-electron chi connectivity index (χ1n) is 6.53. The Bertz CT molecular complexity index is 696. The van der Waals surface area contributed by atoms with Crippen LogP contribution >= 0.6 is 0 Å². The molecule has 0 radical (unpaired) electrons. The highest BCUT2D eigenvalue weighted by molar-refractivity contribution is 6.09.